The molecule has 0 unspecified atom stereocenters. The summed E-state index contributed by atoms with van der Waals surface area (Å²) in [7, 11) is 3.32. The minimum absolute atomic E-state index is 0.232. The lowest BCUT2D eigenvalue weighted by atomic mass is 9.88. The van der Waals surface area contributed by atoms with E-state index >= 15 is 0 Å². The highest BCUT2D eigenvalue weighted by Crippen LogP contribution is 2.36. The van der Waals surface area contributed by atoms with Crippen molar-refractivity contribution in [1.29, 1.82) is 0 Å². The van der Waals surface area contributed by atoms with Crippen LogP contribution in [0.3, 0.4) is 0 Å². The van der Waals surface area contributed by atoms with Gasteiger partial charge in [0.2, 0.25) is 11.8 Å². The van der Waals surface area contributed by atoms with Crippen molar-refractivity contribution in [2.45, 2.75) is 18.5 Å². The fourth-order valence-corrected chi connectivity index (χ4v) is 4.65. The van der Waals surface area contributed by atoms with Gasteiger partial charge in [-0.3, -0.25) is 14.5 Å². The Hall–Kier alpha value is -5.11. The first-order valence-electron chi connectivity index (χ1n) is 12.9. The monoisotopic (exact) mass is 535 g/mol. The second kappa shape index (κ2) is 12.6. The smallest absolute Gasteiger partial charge is 0.312 e. The van der Waals surface area contributed by atoms with Gasteiger partial charge in [0.1, 0.15) is 6.04 Å². The molecule has 0 bridgehead atoms. The number of urea groups is 1. The first-order chi connectivity index (χ1) is 19.3. The van der Waals surface area contributed by atoms with E-state index in [4.69, 9.17) is 11.5 Å². The predicted molar refractivity (Wildman–Crippen MR) is 157 cm³/mol. The Morgan fingerprint density at radius 2 is 1.27 bits per heavy atom. The van der Waals surface area contributed by atoms with Crippen molar-refractivity contribution in [3.63, 3.8) is 0 Å². The maximum absolute atomic E-state index is 14.8. The molecule has 0 spiro atoms. The van der Waals surface area contributed by atoms with E-state index in [1.54, 1.807) is 67.5 Å². The summed E-state index contributed by atoms with van der Waals surface area (Å²) in [5, 5.41) is 2.57. The molecule has 0 radical (unpaired) electrons. The summed E-state index contributed by atoms with van der Waals surface area (Å²) in [4.78, 5) is 42.9. The van der Waals surface area contributed by atoms with Crippen molar-refractivity contribution in [3.05, 3.63) is 131 Å². The van der Waals surface area contributed by atoms with Gasteiger partial charge in [-0.05, 0) is 46.5 Å². The molecule has 204 valence electrons. The summed E-state index contributed by atoms with van der Waals surface area (Å²) >= 11 is 0. The quantitative estimate of drug-likeness (QED) is 0.275. The molecule has 0 aliphatic carbocycles. The maximum atomic E-state index is 14.8. The lowest BCUT2D eigenvalue weighted by Crippen LogP contribution is -2.45. The zero-order valence-electron chi connectivity index (χ0n) is 22.5. The molecular formula is C32H33N5O3. The molecule has 4 rings (SSSR count). The molecule has 0 aliphatic rings. The zero-order valence-corrected chi connectivity index (χ0v) is 22.5. The lowest BCUT2D eigenvalue weighted by Gasteiger charge is -2.36. The molecule has 4 amide bonds. The number of benzene rings is 4. The van der Waals surface area contributed by atoms with E-state index in [2.05, 4.69) is 5.32 Å². The number of nitrogen functional groups attached to an aromatic ring is 1. The third kappa shape index (κ3) is 6.47. The largest absolute Gasteiger partial charge is 0.399 e. The normalized spacial score (nSPS) is 11.5. The fraction of sp³-hybridized carbons (Fsp3) is 0.156. The number of rotatable bonds is 9. The van der Waals surface area contributed by atoms with E-state index in [1.165, 1.54) is 4.90 Å². The molecule has 0 saturated heterocycles. The first-order valence-corrected chi connectivity index (χ1v) is 12.9. The van der Waals surface area contributed by atoms with Gasteiger partial charge in [0.05, 0.1) is 5.92 Å². The van der Waals surface area contributed by atoms with E-state index in [0.717, 1.165) is 16.7 Å². The van der Waals surface area contributed by atoms with Crippen LogP contribution in [0.2, 0.25) is 0 Å². The number of hydrogen-bond acceptors (Lipinski definition) is 4. The maximum Gasteiger partial charge on any atom is 0.312 e. The number of likely N-dealkylation sites (N-methyl/N-ethyl adjacent to an activating group) is 1. The van der Waals surface area contributed by atoms with Gasteiger partial charge >= 0.3 is 6.03 Å². The Kier molecular flexibility index (Phi) is 8.81. The van der Waals surface area contributed by atoms with Gasteiger partial charge in [-0.25, -0.2) is 4.79 Å². The molecule has 0 aliphatic heterocycles. The van der Waals surface area contributed by atoms with Crippen molar-refractivity contribution in [2.75, 3.05) is 24.7 Å². The molecular weight excluding hydrogens is 502 g/mol. The number of primary amides is 1. The summed E-state index contributed by atoms with van der Waals surface area (Å²) in [6.07, 6.45) is 0. The number of anilines is 2. The third-order valence-electron chi connectivity index (χ3n) is 6.59. The van der Waals surface area contributed by atoms with Crippen molar-refractivity contribution in [3.8, 4) is 0 Å². The van der Waals surface area contributed by atoms with E-state index < -0.39 is 18.0 Å². The molecule has 1 atom stereocenters. The van der Waals surface area contributed by atoms with Crippen LogP contribution in [0.1, 0.15) is 34.2 Å². The van der Waals surface area contributed by atoms with Crippen LogP contribution < -0.4 is 21.7 Å². The van der Waals surface area contributed by atoms with E-state index in [9.17, 15) is 14.4 Å². The number of nitrogens with one attached hydrogen (secondary N) is 1. The molecule has 40 heavy (non-hydrogen) atoms. The van der Waals surface area contributed by atoms with Gasteiger partial charge in [-0.2, -0.15) is 0 Å². The van der Waals surface area contributed by atoms with Crippen LogP contribution in [0.25, 0.3) is 0 Å². The van der Waals surface area contributed by atoms with E-state index in [0.29, 0.717) is 16.9 Å². The highest BCUT2D eigenvalue weighted by Gasteiger charge is 2.38. The average Bonchev–Trinajstić information content (AvgIpc) is 2.96. The molecule has 0 aromatic heterocycles. The third-order valence-corrected chi connectivity index (χ3v) is 6.59. The van der Waals surface area contributed by atoms with Crippen LogP contribution in [0.4, 0.5) is 16.2 Å². The van der Waals surface area contributed by atoms with Gasteiger partial charge in [-0.1, -0.05) is 84.9 Å². The van der Waals surface area contributed by atoms with Gasteiger partial charge in [0.25, 0.3) is 0 Å². The topological polar surface area (TPSA) is 122 Å². The summed E-state index contributed by atoms with van der Waals surface area (Å²) < 4.78 is 0. The van der Waals surface area contributed by atoms with Gasteiger partial charge in [-0.15, -0.1) is 0 Å². The zero-order chi connectivity index (χ0) is 28.6. The molecule has 8 nitrogen and oxygen atoms in total. The number of carbonyl (C=O) groups is 3. The molecule has 0 heterocycles. The summed E-state index contributed by atoms with van der Waals surface area (Å²) in [6, 6.07) is 31.6. The summed E-state index contributed by atoms with van der Waals surface area (Å²) in [5.74, 6) is -1.24. The van der Waals surface area contributed by atoms with Crippen LogP contribution in [-0.4, -0.2) is 36.8 Å². The molecule has 4 aromatic rings. The number of nitrogens with two attached hydrogens (primary N) is 2. The Morgan fingerprint density at radius 1 is 0.725 bits per heavy atom. The van der Waals surface area contributed by atoms with Gasteiger partial charge in [0.15, 0.2) is 0 Å². The van der Waals surface area contributed by atoms with Crippen molar-refractivity contribution < 1.29 is 14.4 Å². The molecule has 0 fully saturated rings. The standard InChI is InChI=1S/C32H33N5O3/c1-36(2)31(39)29(25-14-9-15-26(33)20-25)37(27-18-16-22(17-19-27)21-35-32(34)40)30(38)28(23-10-5-3-6-11-23)24-12-7-4-8-13-24/h3-20,28-29H,21,33H2,1-2H3,(H3,34,35,40)/t29-/m1/s1. The number of amides is 4. The molecule has 4 aromatic carbocycles. The number of nitrogens with zero attached hydrogens (tertiary/aromatic N) is 2. The minimum atomic E-state index is -0.990. The molecule has 0 saturated carbocycles. The van der Waals surface area contributed by atoms with Crippen LogP contribution in [0.5, 0.6) is 0 Å². The Bertz CT molecular complexity index is 1420. The molecule has 8 heteroatoms. The van der Waals surface area contributed by atoms with Crippen molar-refractivity contribution >= 4 is 29.2 Å². The van der Waals surface area contributed by atoms with Gasteiger partial charge in [0, 0.05) is 32.0 Å². The van der Waals surface area contributed by atoms with Crippen LogP contribution in [-0.2, 0) is 16.1 Å². The predicted octanol–water partition coefficient (Wildman–Crippen LogP) is 4.43. The fourth-order valence-electron chi connectivity index (χ4n) is 4.65. The van der Waals surface area contributed by atoms with Crippen LogP contribution in [0, 0.1) is 0 Å². The van der Waals surface area contributed by atoms with E-state index in [1.807, 2.05) is 60.7 Å². The van der Waals surface area contributed by atoms with Crippen molar-refractivity contribution in [2.24, 2.45) is 5.73 Å². The molecule has 5 N–H and O–H groups in total. The lowest BCUT2D eigenvalue weighted by molar-refractivity contribution is -0.132. The Morgan fingerprint density at radius 3 is 1.77 bits per heavy atom. The highest BCUT2D eigenvalue weighted by molar-refractivity contribution is 6.05. The Labute approximate surface area is 234 Å². The summed E-state index contributed by atoms with van der Waals surface area (Å²) in [5.41, 5.74) is 15.3. The average molecular weight is 536 g/mol. The first kappa shape index (κ1) is 27.9. The number of hydrogen-bond donors (Lipinski definition) is 3. The van der Waals surface area contributed by atoms with Crippen molar-refractivity contribution in [1.82, 2.24) is 10.2 Å². The second-order valence-electron chi connectivity index (χ2n) is 9.65. The summed E-state index contributed by atoms with van der Waals surface area (Å²) in [6.45, 7) is 0.232. The Balaban J connectivity index is 1.91. The van der Waals surface area contributed by atoms with Crippen LogP contribution in [0.15, 0.2) is 109 Å². The van der Waals surface area contributed by atoms with Crippen LogP contribution >= 0.6 is 0 Å². The highest BCUT2D eigenvalue weighted by atomic mass is 16.2. The van der Waals surface area contributed by atoms with Gasteiger partial charge < -0.3 is 21.7 Å². The SMILES string of the molecule is CN(C)C(=O)[C@@H](c1cccc(N)c1)N(C(=O)C(c1ccccc1)c1ccccc1)c1ccc(CNC(N)=O)cc1. The second-order valence-corrected chi connectivity index (χ2v) is 9.65. The number of carbonyl (C=O) groups excluding carboxylic acids is 3. The minimum Gasteiger partial charge on any atom is -0.399 e. The van der Waals surface area contributed by atoms with E-state index in [-0.39, 0.29) is 18.4 Å².